The Kier molecular flexibility index (Phi) is 10.7. The second kappa shape index (κ2) is 13.3. The number of methoxy groups -OCH3 is 1. The first-order valence-corrected chi connectivity index (χ1v) is 11.0. The number of carbonyl (C=O) groups excluding carboxylic acids is 1. The van der Waals surface area contributed by atoms with Crippen molar-refractivity contribution in [2.45, 2.75) is 58.3 Å². The lowest BCUT2D eigenvalue weighted by molar-refractivity contribution is 0.104. The molecule has 0 amide bonds. The van der Waals surface area contributed by atoms with Crippen LogP contribution in [0.3, 0.4) is 0 Å². The predicted octanol–water partition coefficient (Wildman–Crippen LogP) is 5.97. The summed E-state index contributed by atoms with van der Waals surface area (Å²) in [4.78, 5) is 12.2. The van der Waals surface area contributed by atoms with Gasteiger partial charge in [-0.15, -0.1) is 0 Å². The highest BCUT2D eigenvalue weighted by atomic mass is 16.5. The van der Waals surface area contributed by atoms with Crippen molar-refractivity contribution in [3.63, 3.8) is 0 Å². The predicted molar refractivity (Wildman–Crippen MR) is 118 cm³/mol. The quantitative estimate of drug-likeness (QED) is 0.209. The van der Waals surface area contributed by atoms with E-state index in [0.717, 1.165) is 24.8 Å². The van der Waals surface area contributed by atoms with E-state index in [1.165, 1.54) is 51.4 Å². The van der Waals surface area contributed by atoms with Crippen LogP contribution >= 0.6 is 0 Å². The molecular formula is C25H37NO2. The Bertz CT molecular complexity index is 618. The standard InChI is InChI=1S/C25H37NO2/c1-3-4-5-6-7-8-12-23-20-26-19-18-21(23)11-9-10-13-25(27)22-14-16-24(28-2)17-15-22/h9-11,13-17,21,23,26H,3-8,12,18-20H2,1-2H3. The molecule has 0 radical (unpaired) electrons. The number of hydrogen-bond acceptors (Lipinski definition) is 3. The van der Waals surface area contributed by atoms with E-state index in [0.29, 0.717) is 11.5 Å². The molecule has 2 rings (SSSR count). The van der Waals surface area contributed by atoms with E-state index in [1.54, 1.807) is 25.3 Å². The minimum Gasteiger partial charge on any atom is -0.497 e. The molecular weight excluding hydrogens is 346 g/mol. The Balaban J connectivity index is 1.77. The van der Waals surface area contributed by atoms with Gasteiger partial charge in [-0.25, -0.2) is 0 Å². The third kappa shape index (κ3) is 8.02. The van der Waals surface area contributed by atoms with Crippen LogP contribution in [-0.2, 0) is 0 Å². The van der Waals surface area contributed by atoms with E-state index in [4.69, 9.17) is 4.74 Å². The summed E-state index contributed by atoms with van der Waals surface area (Å²) >= 11 is 0. The maximum absolute atomic E-state index is 12.2. The third-order valence-corrected chi connectivity index (χ3v) is 5.69. The van der Waals surface area contributed by atoms with Gasteiger partial charge < -0.3 is 10.1 Å². The van der Waals surface area contributed by atoms with E-state index < -0.39 is 0 Å². The molecule has 1 fully saturated rings. The number of benzene rings is 1. The van der Waals surface area contributed by atoms with E-state index in [2.05, 4.69) is 24.4 Å². The van der Waals surface area contributed by atoms with Gasteiger partial charge in [0.15, 0.2) is 5.78 Å². The zero-order chi connectivity index (χ0) is 20.0. The van der Waals surface area contributed by atoms with Crippen LogP contribution in [0.15, 0.2) is 48.6 Å². The molecule has 1 heterocycles. The monoisotopic (exact) mass is 383 g/mol. The summed E-state index contributed by atoms with van der Waals surface area (Å²) in [6.45, 7) is 4.48. The van der Waals surface area contributed by atoms with Crippen LogP contribution in [0.25, 0.3) is 0 Å². The highest BCUT2D eigenvalue weighted by molar-refractivity contribution is 6.04. The summed E-state index contributed by atoms with van der Waals surface area (Å²) < 4.78 is 5.13. The largest absolute Gasteiger partial charge is 0.497 e. The molecule has 0 aromatic heterocycles. The zero-order valence-electron chi connectivity index (χ0n) is 17.7. The highest BCUT2D eigenvalue weighted by Crippen LogP contribution is 2.26. The third-order valence-electron chi connectivity index (χ3n) is 5.69. The molecule has 1 aromatic rings. The maximum Gasteiger partial charge on any atom is 0.185 e. The smallest absolute Gasteiger partial charge is 0.185 e. The molecule has 0 bridgehead atoms. The molecule has 1 aliphatic heterocycles. The number of ketones is 1. The van der Waals surface area contributed by atoms with E-state index in [9.17, 15) is 4.79 Å². The van der Waals surface area contributed by atoms with Crippen LogP contribution < -0.4 is 10.1 Å². The number of hydrogen-bond donors (Lipinski definition) is 1. The molecule has 3 heteroatoms. The zero-order valence-corrected chi connectivity index (χ0v) is 17.7. The highest BCUT2D eigenvalue weighted by Gasteiger charge is 2.21. The van der Waals surface area contributed by atoms with Gasteiger partial charge in [-0.2, -0.15) is 0 Å². The first-order valence-electron chi connectivity index (χ1n) is 11.0. The van der Waals surface area contributed by atoms with E-state index >= 15 is 0 Å². The molecule has 154 valence electrons. The molecule has 0 spiro atoms. The Hall–Kier alpha value is -1.87. The molecule has 2 atom stereocenters. The van der Waals surface area contributed by atoms with Gasteiger partial charge >= 0.3 is 0 Å². The average molecular weight is 384 g/mol. The Morgan fingerprint density at radius 3 is 2.61 bits per heavy atom. The van der Waals surface area contributed by atoms with Crippen LogP contribution in [-0.4, -0.2) is 26.0 Å². The number of allylic oxidation sites excluding steroid dienone is 4. The second-order valence-corrected chi connectivity index (χ2v) is 7.81. The fraction of sp³-hybridized carbons (Fsp3) is 0.560. The van der Waals surface area contributed by atoms with Gasteiger partial charge in [-0.05, 0) is 68.1 Å². The lowest BCUT2D eigenvalue weighted by Gasteiger charge is -2.30. The number of ether oxygens (including phenoxy) is 1. The van der Waals surface area contributed by atoms with Crippen molar-refractivity contribution >= 4 is 5.78 Å². The van der Waals surface area contributed by atoms with Crippen LogP contribution in [0.2, 0.25) is 0 Å². The van der Waals surface area contributed by atoms with Gasteiger partial charge in [0.05, 0.1) is 7.11 Å². The number of rotatable bonds is 12. The first kappa shape index (κ1) is 22.4. The summed E-state index contributed by atoms with van der Waals surface area (Å²) in [6.07, 6.45) is 18.6. The summed E-state index contributed by atoms with van der Waals surface area (Å²) in [5.74, 6) is 2.14. The summed E-state index contributed by atoms with van der Waals surface area (Å²) in [6, 6.07) is 7.24. The summed E-state index contributed by atoms with van der Waals surface area (Å²) in [7, 11) is 1.63. The van der Waals surface area contributed by atoms with Crippen molar-refractivity contribution in [2.24, 2.45) is 11.8 Å². The molecule has 3 nitrogen and oxygen atoms in total. The average Bonchev–Trinajstić information content (AvgIpc) is 2.74. The van der Waals surface area contributed by atoms with Gasteiger partial charge in [0.25, 0.3) is 0 Å². The lowest BCUT2D eigenvalue weighted by Crippen LogP contribution is -2.35. The fourth-order valence-corrected chi connectivity index (χ4v) is 3.90. The molecule has 1 saturated heterocycles. The van der Waals surface area contributed by atoms with Crippen LogP contribution in [0.4, 0.5) is 0 Å². The molecule has 1 aromatic carbocycles. The molecule has 0 aliphatic carbocycles. The van der Waals surface area contributed by atoms with Crippen molar-refractivity contribution in [1.82, 2.24) is 5.32 Å². The minimum atomic E-state index is 0.0289. The normalized spacial score (nSPS) is 20.1. The molecule has 1 aliphatic rings. The summed E-state index contributed by atoms with van der Waals surface area (Å²) in [5, 5.41) is 3.55. The van der Waals surface area contributed by atoms with Gasteiger partial charge in [0.2, 0.25) is 0 Å². The summed E-state index contributed by atoms with van der Waals surface area (Å²) in [5.41, 5.74) is 0.688. The first-order chi connectivity index (χ1) is 13.7. The van der Waals surface area contributed by atoms with Crippen molar-refractivity contribution in [2.75, 3.05) is 20.2 Å². The SMILES string of the molecule is CCCCCCCCC1CNCCC1C=CC=CC(=O)c1ccc(OC)cc1. The van der Waals surface area contributed by atoms with Gasteiger partial charge in [0, 0.05) is 5.56 Å². The number of nitrogens with one attached hydrogen (secondary N) is 1. The maximum atomic E-state index is 12.2. The van der Waals surface area contributed by atoms with E-state index in [1.807, 2.05) is 18.2 Å². The fourth-order valence-electron chi connectivity index (χ4n) is 3.90. The second-order valence-electron chi connectivity index (χ2n) is 7.81. The van der Waals surface area contributed by atoms with Crippen molar-refractivity contribution in [3.8, 4) is 5.75 Å². The van der Waals surface area contributed by atoms with Crippen molar-refractivity contribution in [1.29, 1.82) is 0 Å². The van der Waals surface area contributed by atoms with Gasteiger partial charge in [0.1, 0.15) is 5.75 Å². The van der Waals surface area contributed by atoms with Crippen LogP contribution in [0.1, 0.15) is 68.6 Å². The van der Waals surface area contributed by atoms with Gasteiger partial charge in [-0.3, -0.25) is 4.79 Å². The lowest BCUT2D eigenvalue weighted by atomic mass is 9.82. The molecule has 2 unspecified atom stereocenters. The Labute approximate surface area is 171 Å². The molecule has 1 N–H and O–H groups in total. The van der Waals surface area contributed by atoms with Crippen molar-refractivity contribution in [3.05, 3.63) is 54.1 Å². The Morgan fingerprint density at radius 2 is 1.86 bits per heavy atom. The van der Waals surface area contributed by atoms with E-state index in [-0.39, 0.29) is 5.78 Å². The van der Waals surface area contributed by atoms with Crippen LogP contribution in [0, 0.1) is 11.8 Å². The minimum absolute atomic E-state index is 0.0289. The molecule has 28 heavy (non-hydrogen) atoms. The Morgan fingerprint density at radius 1 is 1.11 bits per heavy atom. The molecule has 0 saturated carbocycles. The number of unbranched alkanes of at least 4 members (excludes halogenated alkanes) is 5. The van der Waals surface area contributed by atoms with Gasteiger partial charge in [-0.1, -0.05) is 63.7 Å². The number of piperidine rings is 1. The van der Waals surface area contributed by atoms with Crippen LogP contribution in [0.5, 0.6) is 5.75 Å². The topological polar surface area (TPSA) is 38.3 Å². The van der Waals surface area contributed by atoms with Crippen molar-refractivity contribution < 1.29 is 9.53 Å². The number of carbonyl (C=O) groups is 1.